The van der Waals surface area contributed by atoms with Crippen molar-refractivity contribution in [2.24, 2.45) is 0 Å². The van der Waals surface area contributed by atoms with Crippen LogP contribution in [0.2, 0.25) is 0 Å². The Bertz CT molecular complexity index is 385. The monoisotopic (exact) mass is 430 g/mol. The van der Waals surface area contributed by atoms with Crippen molar-refractivity contribution in [3.63, 3.8) is 0 Å². The summed E-state index contributed by atoms with van der Waals surface area (Å²) in [6.45, 7) is -0.311. The van der Waals surface area contributed by atoms with Crippen LogP contribution < -0.4 is 0 Å². The summed E-state index contributed by atoms with van der Waals surface area (Å²) < 4.78 is 26.1. The molecule has 0 radical (unpaired) electrons. The van der Waals surface area contributed by atoms with Gasteiger partial charge in [-0.25, -0.2) is 0 Å². The minimum atomic E-state index is -1.65. The van der Waals surface area contributed by atoms with E-state index in [0.717, 1.165) is 0 Å². The van der Waals surface area contributed by atoms with Crippen molar-refractivity contribution in [1.29, 1.82) is 0 Å². The number of hydrogen-bond acceptors (Lipinski definition) is 12. The predicted octanol–water partition coefficient (Wildman–Crippen LogP) is -2.89. The van der Waals surface area contributed by atoms with Gasteiger partial charge in [-0.1, -0.05) is 0 Å². The molecule has 0 saturated heterocycles. The van der Waals surface area contributed by atoms with Gasteiger partial charge in [-0.05, 0) is 19.8 Å². The molecule has 0 aromatic rings. The van der Waals surface area contributed by atoms with E-state index in [2.05, 4.69) is 0 Å². The van der Waals surface area contributed by atoms with Gasteiger partial charge in [0.2, 0.25) is 6.29 Å². The van der Waals surface area contributed by atoms with Crippen molar-refractivity contribution in [1.82, 2.24) is 0 Å². The molecule has 0 amide bonds. The largest absolute Gasteiger partial charge is 0.394 e. The van der Waals surface area contributed by atoms with Crippen molar-refractivity contribution >= 4 is 6.29 Å². The molecule has 0 saturated carbocycles. The van der Waals surface area contributed by atoms with Crippen LogP contribution in [0.5, 0.6) is 0 Å². The van der Waals surface area contributed by atoms with Gasteiger partial charge in [0, 0.05) is 0 Å². The van der Waals surface area contributed by atoms with Crippen LogP contribution in [-0.4, -0.2) is 120 Å². The average Bonchev–Trinajstić information content (AvgIpc) is 2.74. The standard InChI is InChI=1S/C17H34O12/c1-12(6-18)27-16(10-22)25-5-3-14(8-20)29-17(11-23)26-4-2-13(7-19)28-15(24)9-21/h9,12-20,22-24H,2-8,10-11H2,1H3. The molecule has 0 heterocycles. The predicted molar refractivity (Wildman–Crippen MR) is 96.5 cm³/mol. The second kappa shape index (κ2) is 18.0. The van der Waals surface area contributed by atoms with Gasteiger partial charge in [0.1, 0.15) is 0 Å². The zero-order valence-electron chi connectivity index (χ0n) is 16.5. The highest BCUT2D eigenvalue weighted by atomic mass is 16.7. The SMILES string of the molecule is CC(CO)OC(CO)OCCC(CO)OC(CO)OCCC(CO)OC(O)C=O. The Morgan fingerprint density at radius 3 is 1.62 bits per heavy atom. The summed E-state index contributed by atoms with van der Waals surface area (Å²) in [6, 6.07) is 0. The van der Waals surface area contributed by atoms with Gasteiger partial charge >= 0.3 is 0 Å². The number of aliphatic hydroxyl groups is 6. The molecule has 0 aromatic carbocycles. The molecule has 174 valence electrons. The number of ether oxygens (including phenoxy) is 5. The third kappa shape index (κ3) is 14.0. The molecule has 0 rings (SSSR count). The van der Waals surface area contributed by atoms with Gasteiger partial charge in [-0.3, -0.25) is 4.79 Å². The lowest BCUT2D eigenvalue weighted by atomic mass is 10.3. The van der Waals surface area contributed by atoms with Crippen molar-refractivity contribution in [3.8, 4) is 0 Å². The molecule has 0 aliphatic rings. The fourth-order valence-corrected chi connectivity index (χ4v) is 2.08. The fraction of sp³-hybridized carbons (Fsp3) is 0.941. The minimum Gasteiger partial charge on any atom is -0.394 e. The first-order valence-corrected chi connectivity index (χ1v) is 9.31. The van der Waals surface area contributed by atoms with Crippen molar-refractivity contribution in [3.05, 3.63) is 0 Å². The summed E-state index contributed by atoms with van der Waals surface area (Å²) in [5, 5.41) is 55.1. The highest BCUT2D eigenvalue weighted by molar-refractivity contribution is 5.53. The molecule has 6 atom stereocenters. The first-order valence-electron chi connectivity index (χ1n) is 9.31. The quantitative estimate of drug-likeness (QED) is 0.0857. The molecule has 0 aromatic heterocycles. The Balaban J connectivity index is 4.27. The van der Waals surface area contributed by atoms with Crippen molar-refractivity contribution in [2.45, 2.75) is 56.9 Å². The number of aldehydes is 1. The fourth-order valence-electron chi connectivity index (χ4n) is 2.08. The van der Waals surface area contributed by atoms with Crippen molar-refractivity contribution < 1.29 is 59.1 Å². The highest BCUT2D eigenvalue weighted by Crippen LogP contribution is 2.09. The van der Waals surface area contributed by atoms with Gasteiger partial charge < -0.3 is 54.3 Å². The Kier molecular flexibility index (Phi) is 17.6. The number of aliphatic hydroxyl groups excluding tert-OH is 6. The van der Waals surface area contributed by atoms with Gasteiger partial charge in [0.25, 0.3) is 0 Å². The molecule has 12 nitrogen and oxygen atoms in total. The summed E-state index contributed by atoms with van der Waals surface area (Å²) in [4.78, 5) is 10.3. The van der Waals surface area contributed by atoms with E-state index in [1.54, 1.807) is 6.92 Å². The van der Waals surface area contributed by atoms with Crippen LogP contribution in [0.15, 0.2) is 0 Å². The first kappa shape index (κ1) is 28.2. The summed E-state index contributed by atoms with van der Waals surface area (Å²) in [5.74, 6) is 0. The average molecular weight is 430 g/mol. The molecule has 0 bridgehead atoms. The number of carbonyl (C=O) groups is 1. The molecular formula is C17H34O12. The van der Waals surface area contributed by atoms with Crippen LogP contribution >= 0.6 is 0 Å². The molecule has 0 fully saturated rings. The molecule has 0 spiro atoms. The van der Waals surface area contributed by atoms with Crippen LogP contribution in [-0.2, 0) is 28.5 Å². The van der Waals surface area contributed by atoms with E-state index in [4.69, 9.17) is 39.0 Å². The minimum absolute atomic E-state index is 0.0177. The maximum Gasteiger partial charge on any atom is 0.212 e. The lowest BCUT2D eigenvalue weighted by Crippen LogP contribution is -2.34. The van der Waals surface area contributed by atoms with Crippen LogP contribution in [0, 0.1) is 0 Å². The molecule has 0 aliphatic carbocycles. The highest BCUT2D eigenvalue weighted by Gasteiger charge is 2.19. The van der Waals surface area contributed by atoms with Crippen LogP contribution in [0.4, 0.5) is 0 Å². The van der Waals surface area contributed by atoms with Gasteiger partial charge in [0.15, 0.2) is 18.9 Å². The van der Waals surface area contributed by atoms with E-state index in [9.17, 15) is 20.1 Å². The normalized spacial score (nSPS) is 18.0. The second-order valence-electron chi connectivity index (χ2n) is 6.08. The lowest BCUT2D eigenvalue weighted by Gasteiger charge is -2.25. The van der Waals surface area contributed by atoms with Gasteiger partial charge in [-0.15, -0.1) is 0 Å². The topological polar surface area (TPSA) is 185 Å². The molecule has 29 heavy (non-hydrogen) atoms. The summed E-state index contributed by atoms with van der Waals surface area (Å²) in [7, 11) is 0. The van der Waals surface area contributed by atoms with Crippen LogP contribution in [0.25, 0.3) is 0 Å². The lowest BCUT2D eigenvalue weighted by molar-refractivity contribution is -0.216. The van der Waals surface area contributed by atoms with E-state index in [1.165, 1.54) is 0 Å². The van der Waals surface area contributed by atoms with Gasteiger partial charge in [0.05, 0.1) is 64.6 Å². The third-order valence-electron chi connectivity index (χ3n) is 3.63. The molecule has 12 heteroatoms. The second-order valence-corrected chi connectivity index (χ2v) is 6.08. The Morgan fingerprint density at radius 2 is 1.21 bits per heavy atom. The Labute approximate surface area is 169 Å². The summed E-state index contributed by atoms with van der Waals surface area (Å²) in [6.07, 6.45) is -5.23. The van der Waals surface area contributed by atoms with Gasteiger partial charge in [-0.2, -0.15) is 0 Å². The molecule has 6 N–H and O–H groups in total. The zero-order valence-corrected chi connectivity index (χ0v) is 16.5. The van der Waals surface area contributed by atoms with E-state index in [-0.39, 0.29) is 45.6 Å². The summed E-state index contributed by atoms with van der Waals surface area (Å²) >= 11 is 0. The Morgan fingerprint density at radius 1 is 0.724 bits per heavy atom. The molecular weight excluding hydrogens is 396 g/mol. The number of rotatable bonds is 20. The Hall–Kier alpha value is -0.770. The zero-order chi connectivity index (χ0) is 22.1. The molecule has 0 aliphatic heterocycles. The third-order valence-corrected chi connectivity index (χ3v) is 3.63. The van der Waals surface area contributed by atoms with E-state index < -0.39 is 57.0 Å². The number of hydrogen-bond donors (Lipinski definition) is 6. The first-order chi connectivity index (χ1) is 13.9. The van der Waals surface area contributed by atoms with E-state index >= 15 is 0 Å². The van der Waals surface area contributed by atoms with Crippen LogP contribution in [0.1, 0.15) is 19.8 Å². The van der Waals surface area contributed by atoms with E-state index in [1.807, 2.05) is 0 Å². The number of carbonyl (C=O) groups excluding carboxylic acids is 1. The van der Waals surface area contributed by atoms with Crippen LogP contribution in [0.3, 0.4) is 0 Å². The summed E-state index contributed by atoms with van der Waals surface area (Å²) in [5.41, 5.74) is 0. The maximum atomic E-state index is 10.3. The molecule has 6 unspecified atom stereocenters. The van der Waals surface area contributed by atoms with E-state index in [0.29, 0.717) is 0 Å². The maximum absolute atomic E-state index is 10.3. The van der Waals surface area contributed by atoms with Crippen molar-refractivity contribution in [2.75, 3.05) is 46.2 Å². The smallest absolute Gasteiger partial charge is 0.212 e.